The Kier molecular flexibility index (Phi) is 4.18. The molecule has 3 N–H and O–H groups in total. The van der Waals surface area contributed by atoms with Gasteiger partial charge >= 0.3 is 0 Å². The van der Waals surface area contributed by atoms with Gasteiger partial charge in [-0.15, -0.1) is 5.10 Å². The number of hydrogen-bond donors (Lipinski definition) is 2. The van der Waals surface area contributed by atoms with E-state index in [1.165, 1.54) is 0 Å². The fraction of sp³-hybridized carbons (Fsp3) is 0.727. The second-order valence-corrected chi connectivity index (χ2v) is 4.45. The van der Waals surface area contributed by atoms with Crippen molar-refractivity contribution in [1.29, 1.82) is 0 Å². The lowest BCUT2D eigenvalue weighted by Gasteiger charge is -2.24. The van der Waals surface area contributed by atoms with Crippen molar-refractivity contribution >= 4 is 5.95 Å². The molecule has 0 aliphatic rings. The molecular weight excluding hydrogens is 202 g/mol. The molecule has 0 radical (unpaired) electrons. The minimum atomic E-state index is -0.208. The standard InChI is InChI=1S/C11H21N5/c1-5-8-9(6-2)15-16-10(13-8)14-11(3,4)7-12/h5-7,12H2,1-4H3,(H,13,14,16). The third-order valence-electron chi connectivity index (χ3n) is 2.47. The second-order valence-electron chi connectivity index (χ2n) is 4.45. The van der Waals surface area contributed by atoms with Gasteiger partial charge in [-0.1, -0.05) is 13.8 Å². The average molecular weight is 223 g/mol. The van der Waals surface area contributed by atoms with Crippen LogP contribution in [0.4, 0.5) is 5.95 Å². The Hall–Kier alpha value is -1.23. The minimum absolute atomic E-state index is 0.208. The van der Waals surface area contributed by atoms with Crippen molar-refractivity contribution in [3.63, 3.8) is 0 Å². The van der Waals surface area contributed by atoms with Crippen LogP contribution in [-0.2, 0) is 12.8 Å². The van der Waals surface area contributed by atoms with Crippen LogP contribution in [0.1, 0.15) is 39.1 Å². The van der Waals surface area contributed by atoms with E-state index in [4.69, 9.17) is 5.73 Å². The maximum absolute atomic E-state index is 5.64. The molecule has 5 heteroatoms. The molecule has 0 aliphatic carbocycles. The Balaban J connectivity index is 2.91. The van der Waals surface area contributed by atoms with Crippen molar-refractivity contribution in [2.24, 2.45) is 5.73 Å². The third kappa shape index (κ3) is 3.13. The predicted molar refractivity (Wildman–Crippen MR) is 65.3 cm³/mol. The normalized spacial score (nSPS) is 11.6. The Morgan fingerprint density at radius 3 is 2.25 bits per heavy atom. The molecule has 0 fully saturated rings. The number of anilines is 1. The number of aromatic nitrogens is 3. The molecule has 16 heavy (non-hydrogen) atoms. The van der Waals surface area contributed by atoms with Crippen molar-refractivity contribution < 1.29 is 0 Å². The van der Waals surface area contributed by atoms with Crippen LogP contribution in [0, 0.1) is 0 Å². The van der Waals surface area contributed by atoms with E-state index in [0.29, 0.717) is 12.5 Å². The van der Waals surface area contributed by atoms with Gasteiger partial charge in [-0.05, 0) is 26.7 Å². The van der Waals surface area contributed by atoms with E-state index >= 15 is 0 Å². The molecule has 0 atom stereocenters. The van der Waals surface area contributed by atoms with Crippen molar-refractivity contribution in [1.82, 2.24) is 15.2 Å². The summed E-state index contributed by atoms with van der Waals surface area (Å²) in [4.78, 5) is 4.45. The lowest BCUT2D eigenvalue weighted by molar-refractivity contribution is 0.570. The lowest BCUT2D eigenvalue weighted by atomic mass is 10.1. The number of hydrogen-bond acceptors (Lipinski definition) is 5. The van der Waals surface area contributed by atoms with Crippen molar-refractivity contribution in [3.05, 3.63) is 11.4 Å². The van der Waals surface area contributed by atoms with E-state index in [-0.39, 0.29) is 5.54 Å². The molecule has 0 spiro atoms. The van der Waals surface area contributed by atoms with Gasteiger partial charge in [0, 0.05) is 12.1 Å². The van der Waals surface area contributed by atoms with E-state index in [2.05, 4.69) is 34.3 Å². The van der Waals surface area contributed by atoms with Crippen LogP contribution in [0.5, 0.6) is 0 Å². The Morgan fingerprint density at radius 2 is 1.75 bits per heavy atom. The molecule has 0 aliphatic heterocycles. The zero-order chi connectivity index (χ0) is 12.2. The molecule has 0 saturated carbocycles. The molecule has 0 amide bonds. The summed E-state index contributed by atoms with van der Waals surface area (Å²) >= 11 is 0. The SMILES string of the molecule is CCc1nnc(NC(C)(C)CN)nc1CC. The fourth-order valence-corrected chi connectivity index (χ4v) is 1.34. The first-order valence-corrected chi connectivity index (χ1v) is 5.73. The van der Waals surface area contributed by atoms with E-state index in [0.717, 1.165) is 24.2 Å². The first-order chi connectivity index (χ1) is 7.52. The zero-order valence-electron chi connectivity index (χ0n) is 10.5. The van der Waals surface area contributed by atoms with Gasteiger partial charge in [-0.25, -0.2) is 4.98 Å². The number of rotatable bonds is 5. The average Bonchev–Trinajstić information content (AvgIpc) is 2.28. The topological polar surface area (TPSA) is 76.7 Å². The van der Waals surface area contributed by atoms with Gasteiger partial charge in [-0.3, -0.25) is 0 Å². The first-order valence-electron chi connectivity index (χ1n) is 5.73. The summed E-state index contributed by atoms with van der Waals surface area (Å²) in [6.45, 7) is 8.67. The second kappa shape index (κ2) is 5.21. The number of aryl methyl sites for hydroxylation is 2. The molecule has 0 saturated heterocycles. The van der Waals surface area contributed by atoms with Crippen LogP contribution in [0.3, 0.4) is 0 Å². The van der Waals surface area contributed by atoms with Crippen molar-refractivity contribution in [2.45, 2.75) is 46.1 Å². The van der Waals surface area contributed by atoms with E-state index < -0.39 is 0 Å². The van der Waals surface area contributed by atoms with Crippen LogP contribution in [-0.4, -0.2) is 27.3 Å². The summed E-state index contributed by atoms with van der Waals surface area (Å²) in [5.74, 6) is 0.560. The lowest BCUT2D eigenvalue weighted by Crippen LogP contribution is -2.40. The smallest absolute Gasteiger partial charge is 0.243 e. The Morgan fingerprint density at radius 1 is 1.12 bits per heavy atom. The molecule has 1 rings (SSSR count). The molecule has 1 aromatic rings. The van der Waals surface area contributed by atoms with Gasteiger partial charge in [0.25, 0.3) is 0 Å². The molecule has 1 aromatic heterocycles. The largest absolute Gasteiger partial charge is 0.347 e. The summed E-state index contributed by atoms with van der Waals surface area (Å²) in [7, 11) is 0. The highest BCUT2D eigenvalue weighted by atomic mass is 15.3. The third-order valence-corrected chi connectivity index (χ3v) is 2.47. The summed E-state index contributed by atoms with van der Waals surface area (Å²) in [5.41, 5.74) is 7.41. The summed E-state index contributed by atoms with van der Waals surface area (Å²) in [5, 5.41) is 11.4. The Bertz CT molecular complexity index is 348. The highest BCUT2D eigenvalue weighted by Crippen LogP contribution is 2.11. The van der Waals surface area contributed by atoms with Gasteiger partial charge in [0.1, 0.15) is 0 Å². The van der Waals surface area contributed by atoms with E-state index in [1.807, 2.05) is 13.8 Å². The first kappa shape index (κ1) is 12.8. The predicted octanol–water partition coefficient (Wildman–Crippen LogP) is 1.15. The zero-order valence-corrected chi connectivity index (χ0v) is 10.5. The molecule has 1 heterocycles. The highest BCUT2D eigenvalue weighted by Gasteiger charge is 2.17. The minimum Gasteiger partial charge on any atom is -0.347 e. The van der Waals surface area contributed by atoms with Crippen LogP contribution < -0.4 is 11.1 Å². The summed E-state index contributed by atoms with van der Waals surface area (Å²) < 4.78 is 0. The number of nitrogens with two attached hydrogens (primary N) is 1. The van der Waals surface area contributed by atoms with Crippen LogP contribution in [0.2, 0.25) is 0 Å². The van der Waals surface area contributed by atoms with E-state index in [1.54, 1.807) is 0 Å². The molecule has 90 valence electrons. The highest BCUT2D eigenvalue weighted by molar-refractivity contribution is 5.29. The van der Waals surface area contributed by atoms with Crippen LogP contribution >= 0.6 is 0 Å². The number of nitrogens with one attached hydrogen (secondary N) is 1. The summed E-state index contributed by atoms with van der Waals surface area (Å²) in [6.07, 6.45) is 1.74. The van der Waals surface area contributed by atoms with Gasteiger partial charge in [-0.2, -0.15) is 5.10 Å². The van der Waals surface area contributed by atoms with Crippen LogP contribution in [0.25, 0.3) is 0 Å². The maximum atomic E-state index is 5.64. The molecule has 0 bridgehead atoms. The molecule has 0 aromatic carbocycles. The molecular formula is C11H21N5. The number of nitrogens with zero attached hydrogens (tertiary/aromatic N) is 3. The molecule has 5 nitrogen and oxygen atoms in total. The molecule has 0 unspecified atom stereocenters. The van der Waals surface area contributed by atoms with Gasteiger partial charge < -0.3 is 11.1 Å². The van der Waals surface area contributed by atoms with Gasteiger partial charge in [0.15, 0.2) is 0 Å². The van der Waals surface area contributed by atoms with E-state index in [9.17, 15) is 0 Å². The van der Waals surface area contributed by atoms with Gasteiger partial charge in [0.05, 0.1) is 11.4 Å². The maximum Gasteiger partial charge on any atom is 0.243 e. The van der Waals surface area contributed by atoms with Crippen molar-refractivity contribution in [2.75, 3.05) is 11.9 Å². The monoisotopic (exact) mass is 223 g/mol. The Labute approximate surface area is 96.9 Å². The summed E-state index contributed by atoms with van der Waals surface area (Å²) in [6, 6.07) is 0. The quantitative estimate of drug-likeness (QED) is 0.783. The van der Waals surface area contributed by atoms with Gasteiger partial charge in [0.2, 0.25) is 5.95 Å². The van der Waals surface area contributed by atoms with Crippen LogP contribution in [0.15, 0.2) is 0 Å². The van der Waals surface area contributed by atoms with Crippen molar-refractivity contribution in [3.8, 4) is 0 Å². The fourth-order valence-electron chi connectivity index (χ4n) is 1.34.